The summed E-state index contributed by atoms with van der Waals surface area (Å²) in [6.45, 7) is 1.62. The van der Waals surface area contributed by atoms with Crippen LogP contribution in [0.1, 0.15) is 16.9 Å². The lowest BCUT2D eigenvalue weighted by molar-refractivity contribution is 0.0381. The van der Waals surface area contributed by atoms with Crippen molar-refractivity contribution in [2.24, 2.45) is 0 Å². The van der Waals surface area contributed by atoms with Crippen LogP contribution in [0.15, 0.2) is 17.2 Å². The largest absolute Gasteiger partial charge is 0.461 e. The van der Waals surface area contributed by atoms with E-state index in [4.69, 9.17) is 24.9 Å². The van der Waals surface area contributed by atoms with Crippen LogP contribution in [0.4, 0.5) is 0 Å². The Bertz CT molecular complexity index is 527. The molecule has 1 aromatic rings. The van der Waals surface area contributed by atoms with Gasteiger partial charge < -0.3 is 19.2 Å². The summed E-state index contributed by atoms with van der Waals surface area (Å²) in [6, 6.07) is 1.12. The Kier molecular flexibility index (Phi) is 7.00. The van der Waals surface area contributed by atoms with Crippen molar-refractivity contribution in [1.29, 1.82) is 0 Å². The molecule has 0 unspecified atom stereocenters. The van der Waals surface area contributed by atoms with Gasteiger partial charge in [-0.3, -0.25) is 0 Å². The summed E-state index contributed by atoms with van der Waals surface area (Å²) >= 11 is 0. The smallest absolute Gasteiger partial charge is 0.354 e. The predicted octanol–water partition coefficient (Wildman–Crippen LogP) is 1.15. The number of hydrogen-bond donors (Lipinski definition) is 1. The predicted molar refractivity (Wildman–Crippen MR) is 71.4 cm³/mol. The number of hydrogen-bond acceptors (Lipinski definition) is 6. The van der Waals surface area contributed by atoms with Gasteiger partial charge in [0.15, 0.2) is 0 Å². The summed E-state index contributed by atoms with van der Waals surface area (Å²) in [7, 11) is 2.87. The van der Waals surface area contributed by atoms with E-state index in [1.807, 2.05) is 0 Å². The van der Waals surface area contributed by atoms with Crippen LogP contribution in [0.2, 0.25) is 0 Å². The van der Waals surface area contributed by atoms with E-state index in [-0.39, 0.29) is 17.2 Å². The van der Waals surface area contributed by atoms with Crippen LogP contribution >= 0.6 is 10.7 Å². The van der Waals surface area contributed by atoms with E-state index in [1.54, 1.807) is 7.11 Å². The maximum absolute atomic E-state index is 11.6. The Balaban J connectivity index is 2.28. The lowest BCUT2D eigenvalue weighted by atomic mass is 10.4. The van der Waals surface area contributed by atoms with Gasteiger partial charge in [0.2, 0.25) is 0 Å². The molecule has 114 valence electrons. The number of aromatic nitrogens is 1. The highest BCUT2D eigenvalue weighted by Gasteiger charge is 2.16. The molecule has 0 aliphatic rings. The molecule has 0 spiro atoms. The number of carbonyl (C=O) groups is 1. The zero-order chi connectivity index (χ0) is 15.0. The average molecular weight is 326 g/mol. The third-order valence-corrected chi connectivity index (χ3v) is 3.59. The molecule has 0 bridgehead atoms. The molecule has 9 heteroatoms. The Labute approximate surface area is 121 Å². The standard InChI is InChI=1S/C11H16ClNO6S/c1-17-5-6-18-3-2-4-19-11(14)10-7-9(8-13-10)20(12,15)16/h7-8,13H,2-6H2,1H3. The molecule has 1 rings (SSSR count). The number of carbonyl (C=O) groups excluding carboxylic acids is 1. The molecule has 0 saturated carbocycles. The van der Waals surface area contributed by atoms with E-state index in [2.05, 4.69) is 4.98 Å². The summed E-state index contributed by atoms with van der Waals surface area (Å²) in [5.41, 5.74) is 0.0320. The van der Waals surface area contributed by atoms with Crippen LogP contribution in [0.25, 0.3) is 0 Å². The van der Waals surface area contributed by atoms with Crippen molar-refractivity contribution >= 4 is 25.7 Å². The third kappa shape index (κ3) is 5.91. The Morgan fingerprint density at radius 2 is 2.05 bits per heavy atom. The van der Waals surface area contributed by atoms with Gasteiger partial charge in [-0.25, -0.2) is 13.2 Å². The van der Waals surface area contributed by atoms with Crippen molar-refractivity contribution in [2.45, 2.75) is 11.3 Å². The first-order chi connectivity index (χ1) is 9.45. The Morgan fingerprint density at radius 1 is 1.30 bits per heavy atom. The minimum absolute atomic E-state index is 0.0320. The fraction of sp³-hybridized carbons (Fsp3) is 0.545. The summed E-state index contributed by atoms with van der Waals surface area (Å²) in [6.07, 6.45) is 1.67. The molecule has 1 heterocycles. The van der Waals surface area contributed by atoms with Crippen molar-refractivity contribution in [1.82, 2.24) is 4.98 Å². The normalized spacial score (nSPS) is 11.5. The maximum Gasteiger partial charge on any atom is 0.354 e. The van der Waals surface area contributed by atoms with E-state index in [0.29, 0.717) is 26.2 Å². The van der Waals surface area contributed by atoms with Crippen molar-refractivity contribution in [2.75, 3.05) is 33.5 Å². The third-order valence-electron chi connectivity index (χ3n) is 2.26. The van der Waals surface area contributed by atoms with Crippen LogP contribution < -0.4 is 0 Å². The molecule has 0 aromatic carbocycles. The van der Waals surface area contributed by atoms with Gasteiger partial charge in [0, 0.05) is 37.0 Å². The number of esters is 1. The number of rotatable bonds is 9. The lowest BCUT2D eigenvalue weighted by Gasteiger charge is -2.04. The monoisotopic (exact) mass is 325 g/mol. The number of nitrogens with one attached hydrogen (secondary N) is 1. The van der Waals surface area contributed by atoms with Crippen LogP contribution in [0.3, 0.4) is 0 Å². The van der Waals surface area contributed by atoms with Crippen molar-refractivity contribution in [3.05, 3.63) is 18.0 Å². The molecule has 0 amide bonds. The van der Waals surface area contributed by atoms with Crippen molar-refractivity contribution in [3.63, 3.8) is 0 Å². The highest BCUT2D eigenvalue weighted by Crippen LogP contribution is 2.16. The summed E-state index contributed by atoms with van der Waals surface area (Å²) < 4.78 is 37.0. The maximum atomic E-state index is 11.6. The zero-order valence-electron chi connectivity index (χ0n) is 10.9. The Hall–Kier alpha value is -1.09. The van der Waals surface area contributed by atoms with E-state index in [1.165, 1.54) is 0 Å². The molecule has 0 aliphatic carbocycles. The first-order valence-electron chi connectivity index (χ1n) is 5.82. The van der Waals surface area contributed by atoms with Crippen LogP contribution in [0, 0.1) is 0 Å². The topological polar surface area (TPSA) is 94.7 Å². The SMILES string of the molecule is COCCOCCCOC(=O)c1cc(S(=O)(=O)Cl)c[nH]1. The van der Waals surface area contributed by atoms with E-state index in [0.717, 1.165) is 12.3 Å². The Morgan fingerprint density at radius 3 is 2.65 bits per heavy atom. The van der Waals surface area contributed by atoms with E-state index < -0.39 is 15.0 Å². The van der Waals surface area contributed by atoms with Crippen LogP contribution in [0.5, 0.6) is 0 Å². The molecular weight excluding hydrogens is 310 g/mol. The van der Waals surface area contributed by atoms with Gasteiger partial charge in [-0.15, -0.1) is 0 Å². The molecule has 20 heavy (non-hydrogen) atoms. The number of ether oxygens (including phenoxy) is 3. The molecule has 1 aromatic heterocycles. The zero-order valence-corrected chi connectivity index (χ0v) is 12.5. The minimum Gasteiger partial charge on any atom is -0.461 e. The molecule has 0 atom stereocenters. The number of halogens is 1. The van der Waals surface area contributed by atoms with Crippen LogP contribution in [-0.4, -0.2) is 52.9 Å². The van der Waals surface area contributed by atoms with E-state index >= 15 is 0 Å². The molecule has 0 aliphatic heterocycles. The van der Waals surface area contributed by atoms with Gasteiger partial charge in [0.1, 0.15) is 10.6 Å². The lowest BCUT2D eigenvalue weighted by Crippen LogP contribution is -2.10. The summed E-state index contributed by atoms with van der Waals surface area (Å²) in [4.78, 5) is 13.9. The summed E-state index contributed by atoms with van der Waals surface area (Å²) in [5.74, 6) is -0.645. The number of H-pyrrole nitrogens is 1. The van der Waals surface area contributed by atoms with Crippen molar-refractivity contribution < 1.29 is 27.4 Å². The van der Waals surface area contributed by atoms with Crippen LogP contribution in [-0.2, 0) is 23.3 Å². The highest BCUT2D eigenvalue weighted by atomic mass is 35.7. The second-order valence-corrected chi connectivity index (χ2v) is 6.35. The fourth-order valence-electron chi connectivity index (χ4n) is 1.28. The molecule has 0 saturated heterocycles. The molecule has 0 radical (unpaired) electrons. The van der Waals surface area contributed by atoms with Gasteiger partial charge in [0.25, 0.3) is 9.05 Å². The van der Waals surface area contributed by atoms with Gasteiger partial charge in [-0.1, -0.05) is 0 Å². The number of methoxy groups -OCH3 is 1. The fourth-order valence-corrected chi connectivity index (χ4v) is 2.01. The van der Waals surface area contributed by atoms with Crippen molar-refractivity contribution in [3.8, 4) is 0 Å². The van der Waals surface area contributed by atoms with Gasteiger partial charge >= 0.3 is 5.97 Å². The first-order valence-corrected chi connectivity index (χ1v) is 8.13. The molecular formula is C11H16ClNO6S. The van der Waals surface area contributed by atoms with Gasteiger partial charge in [0.05, 0.1) is 19.8 Å². The number of aromatic amines is 1. The second kappa shape index (κ2) is 8.25. The molecule has 0 fully saturated rings. The van der Waals surface area contributed by atoms with Gasteiger partial charge in [-0.05, 0) is 6.07 Å². The highest BCUT2D eigenvalue weighted by molar-refractivity contribution is 8.13. The quantitative estimate of drug-likeness (QED) is 0.416. The molecule has 7 nitrogen and oxygen atoms in total. The first kappa shape index (κ1) is 17.0. The van der Waals surface area contributed by atoms with E-state index in [9.17, 15) is 13.2 Å². The van der Waals surface area contributed by atoms with Gasteiger partial charge in [-0.2, -0.15) is 0 Å². The minimum atomic E-state index is -3.85. The average Bonchev–Trinajstić information content (AvgIpc) is 2.87. The second-order valence-electron chi connectivity index (χ2n) is 3.78. The summed E-state index contributed by atoms with van der Waals surface area (Å²) in [5, 5.41) is 0. The molecule has 1 N–H and O–H groups in total.